The van der Waals surface area contributed by atoms with Crippen molar-refractivity contribution >= 4 is 17.5 Å². The third kappa shape index (κ3) is 3.01. The van der Waals surface area contributed by atoms with E-state index in [9.17, 15) is 9.90 Å². The Bertz CT molecular complexity index is 482. The second kappa shape index (κ2) is 5.39. The Morgan fingerprint density at radius 2 is 2.05 bits per heavy atom. The average molecular weight is 283 g/mol. The fourth-order valence-corrected chi connectivity index (χ4v) is 2.48. The molecule has 0 atom stereocenters. The number of likely N-dealkylation sites (tertiary alicyclic amines) is 1. The lowest BCUT2D eigenvalue weighted by atomic mass is 9.89. The molecule has 1 aliphatic heterocycles. The molecule has 0 unspecified atom stereocenters. The normalized spacial score (nSPS) is 18.4. The largest absolute Gasteiger partial charge is 0.507 e. The lowest BCUT2D eigenvalue weighted by molar-refractivity contribution is 0.0659. The summed E-state index contributed by atoms with van der Waals surface area (Å²) in [4.78, 5) is 14.1. The van der Waals surface area contributed by atoms with Crippen LogP contribution in [0.2, 0.25) is 5.02 Å². The molecule has 4 nitrogen and oxygen atoms in total. The van der Waals surface area contributed by atoms with Gasteiger partial charge >= 0.3 is 0 Å². The second-order valence-corrected chi connectivity index (χ2v) is 5.70. The first-order valence-corrected chi connectivity index (χ1v) is 6.80. The van der Waals surface area contributed by atoms with Crippen LogP contribution in [0.5, 0.6) is 5.75 Å². The molecule has 1 aromatic carbocycles. The maximum atomic E-state index is 12.3. The summed E-state index contributed by atoms with van der Waals surface area (Å²) >= 11 is 5.77. The molecule has 0 aliphatic carbocycles. The van der Waals surface area contributed by atoms with Crippen molar-refractivity contribution in [3.05, 3.63) is 28.8 Å². The molecule has 1 fully saturated rings. The van der Waals surface area contributed by atoms with Crippen molar-refractivity contribution < 1.29 is 9.90 Å². The number of rotatable bonds is 2. The average Bonchev–Trinajstić information content (AvgIpc) is 2.39. The van der Waals surface area contributed by atoms with Gasteiger partial charge in [-0.2, -0.15) is 0 Å². The first kappa shape index (κ1) is 14.2. The number of amides is 1. The van der Waals surface area contributed by atoms with Gasteiger partial charge in [-0.1, -0.05) is 11.6 Å². The molecular weight excluding hydrogens is 264 g/mol. The van der Waals surface area contributed by atoms with E-state index in [-0.39, 0.29) is 17.2 Å². The number of carbonyl (C=O) groups is 1. The molecule has 2 rings (SSSR count). The molecule has 1 amide bonds. The number of hydrogen-bond donors (Lipinski definition) is 2. The Kier molecular flexibility index (Phi) is 4.02. The van der Waals surface area contributed by atoms with Crippen molar-refractivity contribution in [3.8, 4) is 5.75 Å². The molecule has 1 aromatic rings. The number of carbonyl (C=O) groups excluding carboxylic acids is 1. The van der Waals surface area contributed by atoms with Crippen LogP contribution in [-0.4, -0.2) is 41.6 Å². The van der Waals surface area contributed by atoms with E-state index in [0.717, 1.165) is 12.8 Å². The molecule has 2 N–H and O–H groups in total. The fraction of sp³-hybridized carbons (Fsp3) is 0.500. The van der Waals surface area contributed by atoms with Crippen molar-refractivity contribution in [2.24, 2.45) is 0 Å². The monoisotopic (exact) mass is 282 g/mol. The zero-order valence-corrected chi connectivity index (χ0v) is 12.0. The van der Waals surface area contributed by atoms with Crippen LogP contribution < -0.4 is 5.32 Å². The lowest BCUT2D eigenvalue weighted by Crippen LogP contribution is -2.51. The molecule has 0 aromatic heterocycles. The number of aromatic hydroxyl groups is 1. The smallest absolute Gasteiger partial charge is 0.257 e. The molecule has 19 heavy (non-hydrogen) atoms. The zero-order valence-electron chi connectivity index (χ0n) is 11.2. The summed E-state index contributed by atoms with van der Waals surface area (Å²) in [5.41, 5.74) is 0.413. The van der Waals surface area contributed by atoms with E-state index in [1.807, 2.05) is 7.05 Å². The summed E-state index contributed by atoms with van der Waals surface area (Å²) < 4.78 is 0. The summed E-state index contributed by atoms with van der Waals surface area (Å²) in [6.45, 7) is 3.55. The number of phenolic OH excluding ortho intramolecular Hbond substituents is 1. The highest BCUT2D eigenvalue weighted by Crippen LogP contribution is 2.26. The summed E-state index contributed by atoms with van der Waals surface area (Å²) in [5, 5.41) is 13.5. The first-order chi connectivity index (χ1) is 8.95. The van der Waals surface area contributed by atoms with E-state index in [4.69, 9.17) is 11.6 Å². The Morgan fingerprint density at radius 3 is 2.58 bits per heavy atom. The molecule has 104 valence electrons. The first-order valence-electron chi connectivity index (χ1n) is 6.42. The zero-order chi connectivity index (χ0) is 14.0. The topological polar surface area (TPSA) is 52.6 Å². The van der Waals surface area contributed by atoms with Crippen LogP contribution in [0.25, 0.3) is 0 Å². The fourth-order valence-electron chi connectivity index (χ4n) is 2.31. The van der Waals surface area contributed by atoms with Crippen LogP contribution in [0.4, 0.5) is 0 Å². The number of halogens is 1. The van der Waals surface area contributed by atoms with E-state index >= 15 is 0 Å². The van der Waals surface area contributed by atoms with E-state index in [2.05, 4.69) is 12.2 Å². The van der Waals surface area contributed by atoms with Crippen LogP contribution in [0, 0.1) is 0 Å². The Hall–Kier alpha value is -1.26. The van der Waals surface area contributed by atoms with Crippen LogP contribution in [0.3, 0.4) is 0 Å². The van der Waals surface area contributed by atoms with Gasteiger partial charge in [0, 0.05) is 23.7 Å². The number of nitrogens with one attached hydrogen (secondary N) is 1. The van der Waals surface area contributed by atoms with Gasteiger partial charge < -0.3 is 15.3 Å². The minimum atomic E-state index is -0.132. The maximum Gasteiger partial charge on any atom is 0.257 e. The van der Waals surface area contributed by atoms with Crippen molar-refractivity contribution in [3.63, 3.8) is 0 Å². The second-order valence-electron chi connectivity index (χ2n) is 5.26. The molecule has 0 bridgehead atoms. The summed E-state index contributed by atoms with van der Waals surface area (Å²) in [5.74, 6) is -0.188. The maximum absolute atomic E-state index is 12.3. The van der Waals surface area contributed by atoms with Crippen LogP contribution in [0.15, 0.2) is 18.2 Å². The van der Waals surface area contributed by atoms with Crippen molar-refractivity contribution in [2.45, 2.75) is 25.3 Å². The van der Waals surface area contributed by atoms with E-state index in [1.165, 1.54) is 6.07 Å². The highest BCUT2D eigenvalue weighted by molar-refractivity contribution is 6.30. The molecular formula is C14H19ClN2O2. The van der Waals surface area contributed by atoms with Crippen molar-refractivity contribution in [1.29, 1.82) is 0 Å². The Balaban J connectivity index is 2.09. The number of hydrogen-bond acceptors (Lipinski definition) is 3. The predicted molar refractivity (Wildman–Crippen MR) is 75.7 cm³/mol. The SMILES string of the molecule is CNC1(C)CCN(C(=O)c2ccc(Cl)cc2O)CC1. The van der Waals surface area contributed by atoms with Gasteiger partial charge in [0.1, 0.15) is 5.75 Å². The van der Waals surface area contributed by atoms with Gasteiger partial charge in [-0.3, -0.25) is 4.79 Å². The molecule has 0 saturated carbocycles. The van der Waals surface area contributed by atoms with Gasteiger partial charge in [-0.25, -0.2) is 0 Å². The van der Waals surface area contributed by atoms with Crippen LogP contribution in [0.1, 0.15) is 30.1 Å². The van der Waals surface area contributed by atoms with Crippen molar-refractivity contribution in [1.82, 2.24) is 10.2 Å². The highest BCUT2D eigenvalue weighted by atomic mass is 35.5. The summed E-state index contributed by atoms with van der Waals surface area (Å²) in [7, 11) is 1.95. The molecule has 0 spiro atoms. The minimum Gasteiger partial charge on any atom is -0.507 e. The Morgan fingerprint density at radius 1 is 1.42 bits per heavy atom. The summed E-state index contributed by atoms with van der Waals surface area (Å²) in [6, 6.07) is 4.60. The standard InChI is InChI=1S/C14H19ClN2O2/c1-14(16-2)5-7-17(8-6-14)13(19)11-4-3-10(15)9-12(11)18/h3-4,9,16,18H,5-8H2,1-2H3. The van der Waals surface area contributed by atoms with Gasteiger partial charge in [-0.15, -0.1) is 0 Å². The molecule has 1 aliphatic rings. The number of nitrogens with zero attached hydrogens (tertiary/aromatic N) is 1. The Labute approximate surface area is 118 Å². The van der Waals surface area contributed by atoms with E-state index in [0.29, 0.717) is 23.7 Å². The molecule has 0 radical (unpaired) electrons. The number of benzene rings is 1. The number of piperidine rings is 1. The van der Waals surface area contributed by atoms with Crippen molar-refractivity contribution in [2.75, 3.05) is 20.1 Å². The molecule has 1 heterocycles. The molecule has 1 saturated heterocycles. The number of phenols is 1. The summed E-state index contributed by atoms with van der Waals surface area (Å²) in [6.07, 6.45) is 1.81. The van der Waals surface area contributed by atoms with Gasteiger partial charge in [0.15, 0.2) is 0 Å². The predicted octanol–water partition coefficient (Wildman–Crippen LogP) is 2.26. The quantitative estimate of drug-likeness (QED) is 0.875. The minimum absolute atomic E-state index is 0.0561. The molecule has 5 heteroatoms. The van der Waals surface area contributed by atoms with E-state index in [1.54, 1.807) is 17.0 Å². The third-order valence-electron chi connectivity index (χ3n) is 3.95. The van der Waals surface area contributed by atoms with Crippen LogP contribution in [-0.2, 0) is 0 Å². The third-order valence-corrected chi connectivity index (χ3v) is 4.18. The van der Waals surface area contributed by atoms with Gasteiger partial charge in [0.2, 0.25) is 0 Å². The lowest BCUT2D eigenvalue weighted by Gasteiger charge is -2.39. The van der Waals surface area contributed by atoms with Gasteiger partial charge in [-0.05, 0) is 45.0 Å². The van der Waals surface area contributed by atoms with Gasteiger partial charge in [0.25, 0.3) is 5.91 Å². The highest BCUT2D eigenvalue weighted by Gasteiger charge is 2.31. The van der Waals surface area contributed by atoms with Gasteiger partial charge in [0.05, 0.1) is 5.56 Å². The van der Waals surface area contributed by atoms with Crippen LogP contribution >= 0.6 is 11.6 Å². The van der Waals surface area contributed by atoms with E-state index < -0.39 is 0 Å².